The molecule has 1 saturated carbocycles. The number of aromatic nitrogens is 4. The van der Waals surface area contributed by atoms with Gasteiger partial charge in [0.05, 0.1) is 6.10 Å². The quantitative estimate of drug-likeness (QED) is 0.804. The van der Waals surface area contributed by atoms with Crippen molar-refractivity contribution in [3.8, 4) is 0 Å². The molecule has 0 unspecified atom stereocenters. The largest absolute Gasteiger partial charge is 0.390 e. The Kier molecular flexibility index (Phi) is 4.68. The van der Waals surface area contributed by atoms with Gasteiger partial charge >= 0.3 is 0 Å². The molecule has 8 nitrogen and oxygen atoms in total. The van der Waals surface area contributed by atoms with Crippen LogP contribution in [0.25, 0.3) is 0 Å². The summed E-state index contributed by atoms with van der Waals surface area (Å²) in [5.74, 6) is 0.582. The first-order valence-corrected chi connectivity index (χ1v) is 8.06. The SMILES string of the molecule is Cc1nnnn1CC(=O)N1CCN(C2CCCC2)C[C@@H](O)C1. The van der Waals surface area contributed by atoms with E-state index in [2.05, 4.69) is 20.4 Å². The summed E-state index contributed by atoms with van der Waals surface area (Å²) >= 11 is 0. The molecule has 0 radical (unpaired) electrons. The van der Waals surface area contributed by atoms with Gasteiger partial charge in [0, 0.05) is 32.2 Å². The van der Waals surface area contributed by atoms with Crippen LogP contribution in [0.2, 0.25) is 0 Å². The van der Waals surface area contributed by atoms with Crippen LogP contribution < -0.4 is 0 Å². The molecule has 1 atom stereocenters. The molecule has 122 valence electrons. The second-order valence-electron chi connectivity index (χ2n) is 6.31. The molecular formula is C14H24N6O2. The number of tetrazole rings is 1. The molecule has 0 aromatic carbocycles. The maximum absolute atomic E-state index is 12.4. The van der Waals surface area contributed by atoms with Crippen LogP contribution in [-0.2, 0) is 11.3 Å². The second kappa shape index (κ2) is 6.70. The van der Waals surface area contributed by atoms with E-state index in [0.29, 0.717) is 31.5 Å². The molecule has 3 rings (SSSR count). The van der Waals surface area contributed by atoms with E-state index in [4.69, 9.17) is 0 Å². The van der Waals surface area contributed by atoms with Crippen molar-refractivity contribution >= 4 is 5.91 Å². The van der Waals surface area contributed by atoms with Gasteiger partial charge in [0.25, 0.3) is 0 Å². The predicted octanol–water partition coefficient (Wildman–Crippen LogP) is -0.571. The number of aliphatic hydroxyl groups is 1. The smallest absolute Gasteiger partial charge is 0.244 e. The van der Waals surface area contributed by atoms with Crippen LogP contribution in [-0.4, -0.2) is 79.3 Å². The highest BCUT2D eigenvalue weighted by Gasteiger charge is 2.29. The number of amides is 1. The number of hydrogen-bond donors (Lipinski definition) is 1. The Balaban J connectivity index is 1.60. The van der Waals surface area contributed by atoms with Crippen molar-refractivity contribution < 1.29 is 9.90 Å². The first-order valence-electron chi connectivity index (χ1n) is 8.06. The molecular weight excluding hydrogens is 284 g/mol. The number of nitrogens with zero attached hydrogens (tertiary/aromatic N) is 6. The number of aliphatic hydroxyl groups excluding tert-OH is 1. The lowest BCUT2D eigenvalue weighted by molar-refractivity contribution is -0.133. The maximum Gasteiger partial charge on any atom is 0.244 e. The summed E-state index contributed by atoms with van der Waals surface area (Å²) in [4.78, 5) is 16.5. The minimum atomic E-state index is -0.484. The van der Waals surface area contributed by atoms with E-state index in [1.807, 2.05) is 0 Å². The second-order valence-corrected chi connectivity index (χ2v) is 6.31. The number of β-amino-alcohol motifs (C(OH)–C–C–N with tert-alkyl or cyclic N) is 1. The number of carbonyl (C=O) groups is 1. The molecule has 1 amide bonds. The molecule has 0 spiro atoms. The van der Waals surface area contributed by atoms with E-state index in [1.54, 1.807) is 11.8 Å². The van der Waals surface area contributed by atoms with Gasteiger partial charge < -0.3 is 10.0 Å². The number of rotatable bonds is 3. The third kappa shape index (κ3) is 3.44. The van der Waals surface area contributed by atoms with Crippen molar-refractivity contribution in [2.24, 2.45) is 0 Å². The monoisotopic (exact) mass is 308 g/mol. The molecule has 22 heavy (non-hydrogen) atoms. The third-order valence-electron chi connectivity index (χ3n) is 4.72. The van der Waals surface area contributed by atoms with Crippen molar-refractivity contribution in [3.05, 3.63) is 5.82 Å². The zero-order valence-electron chi connectivity index (χ0n) is 13.1. The van der Waals surface area contributed by atoms with Gasteiger partial charge in [-0.05, 0) is 30.2 Å². The Morgan fingerprint density at radius 1 is 1.27 bits per heavy atom. The zero-order chi connectivity index (χ0) is 15.5. The van der Waals surface area contributed by atoms with E-state index in [-0.39, 0.29) is 12.5 Å². The third-order valence-corrected chi connectivity index (χ3v) is 4.72. The predicted molar refractivity (Wildman–Crippen MR) is 79.0 cm³/mol. The van der Waals surface area contributed by atoms with Crippen molar-refractivity contribution in [3.63, 3.8) is 0 Å². The first kappa shape index (κ1) is 15.4. The van der Waals surface area contributed by atoms with Gasteiger partial charge in [-0.15, -0.1) is 5.10 Å². The van der Waals surface area contributed by atoms with Crippen LogP contribution in [0, 0.1) is 6.92 Å². The average molecular weight is 308 g/mol. The Labute approximate surface area is 130 Å². The van der Waals surface area contributed by atoms with Crippen LogP contribution in [0.15, 0.2) is 0 Å². The lowest BCUT2D eigenvalue weighted by Crippen LogP contribution is -2.39. The van der Waals surface area contributed by atoms with E-state index >= 15 is 0 Å². The molecule has 1 aromatic heterocycles. The van der Waals surface area contributed by atoms with Crippen molar-refractivity contribution in [2.75, 3.05) is 26.2 Å². The van der Waals surface area contributed by atoms with Gasteiger partial charge in [0.15, 0.2) is 0 Å². The van der Waals surface area contributed by atoms with E-state index in [9.17, 15) is 9.90 Å². The fraction of sp³-hybridized carbons (Fsp3) is 0.857. The Bertz CT molecular complexity index is 513. The molecule has 1 saturated heterocycles. The maximum atomic E-state index is 12.4. The summed E-state index contributed by atoms with van der Waals surface area (Å²) in [5, 5.41) is 21.4. The van der Waals surface area contributed by atoms with Crippen LogP contribution in [0.3, 0.4) is 0 Å². The Morgan fingerprint density at radius 3 is 2.73 bits per heavy atom. The van der Waals surface area contributed by atoms with Gasteiger partial charge in [0.2, 0.25) is 5.91 Å². The molecule has 1 N–H and O–H groups in total. The lowest BCUT2D eigenvalue weighted by Gasteiger charge is -2.27. The number of hydrogen-bond acceptors (Lipinski definition) is 6. The Hall–Kier alpha value is -1.54. The molecule has 2 fully saturated rings. The highest BCUT2D eigenvalue weighted by molar-refractivity contribution is 5.76. The fourth-order valence-electron chi connectivity index (χ4n) is 3.47. The summed E-state index contributed by atoms with van der Waals surface area (Å²) < 4.78 is 1.49. The number of carbonyl (C=O) groups excluding carboxylic acids is 1. The first-order chi connectivity index (χ1) is 10.6. The van der Waals surface area contributed by atoms with Gasteiger partial charge in [-0.25, -0.2) is 4.68 Å². The summed E-state index contributed by atoms with van der Waals surface area (Å²) in [7, 11) is 0. The van der Waals surface area contributed by atoms with E-state index in [1.165, 1.54) is 30.4 Å². The number of aryl methyl sites for hydroxylation is 1. The zero-order valence-corrected chi connectivity index (χ0v) is 13.1. The average Bonchev–Trinajstić information content (AvgIpc) is 3.10. The molecule has 1 aliphatic heterocycles. The summed E-state index contributed by atoms with van der Waals surface area (Å²) in [6, 6.07) is 0.575. The van der Waals surface area contributed by atoms with Crippen LogP contribution >= 0.6 is 0 Å². The molecule has 8 heteroatoms. The van der Waals surface area contributed by atoms with Crippen LogP contribution in [0.4, 0.5) is 0 Å². The molecule has 2 aliphatic rings. The van der Waals surface area contributed by atoms with Gasteiger partial charge in [-0.3, -0.25) is 9.69 Å². The highest BCUT2D eigenvalue weighted by atomic mass is 16.3. The molecule has 2 heterocycles. The topological polar surface area (TPSA) is 87.4 Å². The van der Waals surface area contributed by atoms with Crippen LogP contribution in [0.5, 0.6) is 0 Å². The molecule has 1 aromatic rings. The molecule has 1 aliphatic carbocycles. The molecule has 0 bridgehead atoms. The summed E-state index contributed by atoms with van der Waals surface area (Å²) in [5.41, 5.74) is 0. The fourth-order valence-corrected chi connectivity index (χ4v) is 3.47. The minimum absolute atomic E-state index is 0.0391. The summed E-state index contributed by atoms with van der Waals surface area (Å²) in [6.07, 6.45) is 4.49. The van der Waals surface area contributed by atoms with Gasteiger partial charge in [0.1, 0.15) is 12.4 Å². The van der Waals surface area contributed by atoms with E-state index in [0.717, 1.165) is 6.54 Å². The van der Waals surface area contributed by atoms with Gasteiger partial charge in [-0.2, -0.15) is 0 Å². The Morgan fingerprint density at radius 2 is 2.05 bits per heavy atom. The van der Waals surface area contributed by atoms with E-state index < -0.39 is 6.10 Å². The normalized spacial score (nSPS) is 24.6. The van der Waals surface area contributed by atoms with Crippen molar-refractivity contribution in [2.45, 2.75) is 51.3 Å². The minimum Gasteiger partial charge on any atom is -0.390 e. The van der Waals surface area contributed by atoms with Crippen molar-refractivity contribution in [1.82, 2.24) is 30.0 Å². The van der Waals surface area contributed by atoms with Gasteiger partial charge in [-0.1, -0.05) is 12.8 Å². The standard InChI is InChI=1S/C14H24N6O2/c1-11-15-16-17-20(11)10-14(22)19-7-6-18(8-13(21)9-19)12-4-2-3-5-12/h12-13,21H,2-10H2,1H3/t13-/m1/s1. The van der Waals surface area contributed by atoms with Crippen LogP contribution in [0.1, 0.15) is 31.5 Å². The summed E-state index contributed by atoms with van der Waals surface area (Å²) in [6.45, 7) is 4.46. The highest BCUT2D eigenvalue weighted by Crippen LogP contribution is 2.24. The lowest BCUT2D eigenvalue weighted by atomic mass is 10.2. The van der Waals surface area contributed by atoms with Crippen molar-refractivity contribution in [1.29, 1.82) is 0 Å².